The zero-order chi connectivity index (χ0) is 14.6. The average molecular weight is 267 g/mol. The molecule has 0 aromatic heterocycles. The number of phenolic OH excluding ortho intramolecular Hbond substituents is 1. The van der Waals surface area contributed by atoms with Crippen molar-refractivity contribution in [3.8, 4) is 5.75 Å². The predicted molar refractivity (Wildman–Crippen MR) is 71.1 cm³/mol. The maximum absolute atomic E-state index is 11.6. The summed E-state index contributed by atoms with van der Waals surface area (Å²) >= 11 is 0. The van der Waals surface area contributed by atoms with Crippen LogP contribution in [0.5, 0.6) is 5.75 Å². The summed E-state index contributed by atoms with van der Waals surface area (Å²) in [5, 5.41) is 25.5. The van der Waals surface area contributed by atoms with E-state index in [0.717, 1.165) is 6.07 Å². The Morgan fingerprint density at radius 2 is 2.05 bits per heavy atom. The van der Waals surface area contributed by atoms with Gasteiger partial charge in [-0.1, -0.05) is 0 Å². The molecule has 1 amide bonds. The highest BCUT2D eigenvalue weighted by Crippen LogP contribution is 2.27. The number of anilines is 1. The number of hydrogen-bond acceptors (Lipinski definition) is 5. The maximum Gasteiger partial charge on any atom is 0.271 e. The van der Waals surface area contributed by atoms with Gasteiger partial charge in [-0.25, -0.2) is 0 Å². The Morgan fingerprint density at radius 3 is 2.58 bits per heavy atom. The van der Waals surface area contributed by atoms with Crippen LogP contribution in [0.3, 0.4) is 0 Å². The van der Waals surface area contributed by atoms with E-state index in [1.807, 2.05) is 20.8 Å². The van der Waals surface area contributed by atoms with Gasteiger partial charge in [-0.15, -0.1) is 0 Å². The summed E-state index contributed by atoms with van der Waals surface area (Å²) < 4.78 is 0. The number of nitrogens with one attached hydrogen (secondary N) is 2. The molecule has 0 radical (unpaired) electrons. The fourth-order valence-electron chi connectivity index (χ4n) is 1.28. The van der Waals surface area contributed by atoms with E-state index in [-0.39, 0.29) is 35.1 Å². The van der Waals surface area contributed by atoms with E-state index in [0.29, 0.717) is 0 Å². The topological polar surface area (TPSA) is 104 Å². The zero-order valence-corrected chi connectivity index (χ0v) is 11.1. The fraction of sp³-hybridized carbons (Fsp3) is 0.417. The molecule has 0 aliphatic rings. The molecule has 3 N–H and O–H groups in total. The zero-order valence-electron chi connectivity index (χ0n) is 11.1. The van der Waals surface area contributed by atoms with E-state index in [2.05, 4.69) is 10.6 Å². The van der Waals surface area contributed by atoms with Crippen LogP contribution in [0.1, 0.15) is 20.8 Å². The van der Waals surface area contributed by atoms with Gasteiger partial charge in [-0.05, 0) is 26.8 Å². The lowest BCUT2D eigenvalue weighted by Crippen LogP contribution is -2.41. The van der Waals surface area contributed by atoms with Gasteiger partial charge in [0.05, 0.1) is 17.2 Å². The molecule has 0 unspecified atom stereocenters. The third-order valence-corrected chi connectivity index (χ3v) is 2.24. The lowest BCUT2D eigenvalue weighted by Gasteiger charge is -2.20. The number of carbonyl (C=O) groups is 1. The van der Waals surface area contributed by atoms with Crippen LogP contribution >= 0.6 is 0 Å². The van der Waals surface area contributed by atoms with Crippen LogP contribution in [-0.2, 0) is 4.79 Å². The van der Waals surface area contributed by atoms with Gasteiger partial charge < -0.3 is 15.7 Å². The minimum atomic E-state index is -0.595. The molecule has 0 fully saturated rings. The lowest BCUT2D eigenvalue weighted by atomic mass is 10.1. The molecule has 1 rings (SSSR count). The summed E-state index contributed by atoms with van der Waals surface area (Å²) in [6.07, 6.45) is 0. The summed E-state index contributed by atoms with van der Waals surface area (Å²) in [4.78, 5) is 21.6. The number of amides is 1. The van der Waals surface area contributed by atoms with Crippen LogP contribution in [0, 0.1) is 10.1 Å². The van der Waals surface area contributed by atoms with Crippen molar-refractivity contribution in [2.45, 2.75) is 26.3 Å². The van der Waals surface area contributed by atoms with Crippen LogP contribution in [0.15, 0.2) is 18.2 Å². The van der Waals surface area contributed by atoms with Crippen molar-refractivity contribution < 1.29 is 14.8 Å². The molecule has 0 aliphatic heterocycles. The highest BCUT2D eigenvalue weighted by molar-refractivity contribution is 5.94. The van der Waals surface area contributed by atoms with Crippen molar-refractivity contribution in [1.29, 1.82) is 0 Å². The number of aromatic hydroxyl groups is 1. The molecule has 1 aromatic rings. The molecule has 0 heterocycles. The second-order valence-electron chi connectivity index (χ2n) is 5.11. The molecule has 0 saturated carbocycles. The van der Waals surface area contributed by atoms with Gasteiger partial charge in [0.25, 0.3) is 5.69 Å². The van der Waals surface area contributed by atoms with Gasteiger partial charge in [0, 0.05) is 17.7 Å². The highest BCUT2D eigenvalue weighted by atomic mass is 16.6. The SMILES string of the molecule is CC(C)(C)NCC(=O)Nc1cc([N+](=O)[O-])ccc1O. The van der Waals surface area contributed by atoms with Crippen molar-refractivity contribution in [2.24, 2.45) is 0 Å². The molecular weight excluding hydrogens is 250 g/mol. The van der Waals surface area contributed by atoms with Gasteiger partial charge in [0.1, 0.15) is 5.75 Å². The third-order valence-electron chi connectivity index (χ3n) is 2.24. The van der Waals surface area contributed by atoms with Crippen LogP contribution in [-0.4, -0.2) is 28.0 Å². The van der Waals surface area contributed by atoms with E-state index in [9.17, 15) is 20.0 Å². The Hall–Kier alpha value is -2.15. The van der Waals surface area contributed by atoms with Crippen LogP contribution in [0.4, 0.5) is 11.4 Å². The smallest absolute Gasteiger partial charge is 0.271 e. The first-order valence-electron chi connectivity index (χ1n) is 5.71. The number of hydrogen-bond donors (Lipinski definition) is 3. The van der Waals surface area contributed by atoms with Gasteiger partial charge in [0.15, 0.2) is 0 Å². The standard InChI is InChI=1S/C12H17N3O4/c1-12(2,3)13-7-11(17)14-9-6-8(15(18)19)4-5-10(9)16/h4-6,13,16H,7H2,1-3H3,(H,14,17). The highest BCUT2D eigenvalue weighted by Gasteiger charge is 2.14. The van der Waals surface area contributed by atoms with Crippen molar-refractivity contribution in [2.75, 3.05) is 11.9 Å². The summed E-state index contributed by atoms with van der Waals surface area (Å²) in [6.45, 7) is 5.77. The van der Waals surface area contributed by atoms with E-state index >= 15 is 0 Å². The van der Waals surface area contributed by atoms with Crippen molar-refractivity contribution in [3.05, 3.63) is 28.3 Å². The average Bonchev–Trinajstić information content (AvgIpc) is 2.28. The first-order chi connectivity index (χ1) is 8.69. The maximum atomic E-state index is 11.6. The van der Waals surface area contributed by atoms with Gasteiger partial charge in [-0.3, -0.25) is 14.9 Å². The molecule has 0 atom stereocenters. The second kappa shape index (κ2) is 5.66. The van der Waals surface area contributed by atoms with Crippen LogP contribution in [0.25, 0.3) is 0 Å². The normalized spacial score (nSPS) is 11.1. The molecule has 7 nitrogen and oxygen atoms in total. The number of carbonyl (C=O) groups excluding carboxylic acids is 1. The molecule has 7 heteroatoms. The molecule has 0 bridgehead atoms. The minimum Gasteiger partial charge on any atom is -0.506 e. The van der Waals surface area contributed by atoms with Crippen LogP contribution in [0.2, 0.25) is 0 Å². The van der Waals surface area contributed by atoms with Gasteiger partial charge in [-0.2, -0.15) is 0 Å². The van der Waals surface area contributed by atoms with E-state index in [1.165, 1.54) is 12.1 Å². The Labute approximate surface area is 110 Å². The Bertz CT molecular complexity index is 494. The van der Waals surface area contributed by atoms with Crippen molar-refractivity contribution in [3.63, 3.8) is 0 Å². The monoisotopic (exact) mass is 267 g/mol. The number of nitrogens with zero attached hydrogens (tertiary/aromatic N) is 1. The number of nitro benzene ring substituents is 1. The second-order valence-corrected chi connectivity index (χ2v) is 5.11. The Kier molecular flexibility index (Phi) is 4.44. The van der Waals surface area contributed by atoms with E-state index < -0.39 is 4.92 Å². The molecule has 0 spiro atoms. The summed E-state index contributed by atoms with van der Waals surface area (Å²) in [5.74, 6) is -0.597. The first-order valence-corrected chi connectivity index (χ1v) is 5.71. The quantitative estimate of drug-likeness (QED) is 0.437. The van der Waals surface area contributed by atoms with E-state index in [1.54, 1.807) is 0 Å². The summed E-state index contributed by atoms with van der Waals surface area (Å²) in [7, 11) is 0. The number of rotatable bonds is 4. The van der Waals surface area contributed by atoms with Gasteiger partial charge in [0.2, 0.25) is 5.91 Å². The first kappa shape index (κ1) is 14.9. The Balaban J connectivity index is 2.73. The summed E-state index contributed by atoms with van der Waals surface area (Å²) in [6, 6.07) is 3.45. The molecule has 104 valence electrons. The van der Waals surface area contributed by atoms with E-state index in [4.69, 9.17) is 0 Å². The number of non-ortho nitro benzene ring substituents is 1. The Morgan fingerprint density at radius 1 is 1.42 bits per heavy atom. The largest absolute Gasteiger partial charge is 0.506 e. The molecule has 0 aliphatic carbocycles. The van der Waals surface area contributed by atoms with Crippen molar-refractivity contribution in [1.82, 2.24) is 5.32 Å². The molecule has 0 saturated heterocycles. The van der Waals surface area contributed by atoms with Crippen molar-refractivity contribution >= 4 is 17.3 Å². The lowest BCUT2D eigenvalue weighted by molar-refractivity contribution is -0.384. The predicted octanol–water partition coefficient (Wildman–Crippen LogP) is 1.63. The summed E-state index contributed by atoms with van der Waals surface area (Å²) in [5.41, 5.74) is -0.394. The van der Waals surface area contributed by atoms with Crippen LogP contribution < -0.4 is 10.6 Å². The third kappa shape index (κ3) is 4.92. The number of benzene rings is 1. The molecule has 1 aromatic carbocycles. The number of nitro groups is 1. The number of phenols is 1. The molecular formula is C12H17N3O4. The fourth-order valence-corrected chi connectivity index (χ4v) is 1.28. The molecule has 19 heavy (non-hydrogen) atoms. The van der Waals surface area contributed by atoms with Gasteiger partial charge >= 0.3 is 0 Å². The minimum absolute atomic E-state index is 0.0231.